The summed E-state index contributed by atoms with van der Waals surface area (Å²) in [5, 5.41) is 14.2. The molecule has 0 unspecified atom stereocenters. The third-order valence-corrected chi connectivity index (χ3v) is 2.81. The minimum absolute atomic E-state index is 0.487. The van der Waals surface area contributed by atoms with E-state index in [1.807, 2.05) is 6.19 Å². The van der Waals surface area contributed by atoms with Crippen LogP contribution < -0.4 is 10.6 Å². The Morgan fingerprint density at radius 1 is 1.16 bits per heavy atom. The van der Waals surface area contributed by atoms with Crippen LogP contribution in [0.3, 0.4) is 0 Å². The number of nitrogens with one attached hydrogen (secondary N) is 2. The molecule has 0 fully saturated rings. The van der Waals surface area contributed by atoms with E-state index in [0.717, 1.165) is 0 Å². The Balaban J connectivity index is 2.06. The SMILES string of the molecule is Cc1ccc(CNc2cc(NC#N)ncn2)c(C)c1. The first kappa shape index (κ1) is 12.8. The lowest BCUT2D eigenvalue weighted by Gasteiger charge is -2.09. The van der Waals surface area contributed by atoms with Crippen LogP contribution in [0, 0.1) is 25.3 Å². The minimum atomic E-state index is 0.487. The molecule has 0 amide bonds. The molecule has 96 valence electrons. The van der Waals surface area contributed by atoms with Gasteiger partial charge in [-0.1, -0.05) is 23.8 Å². The molecule has 5 nitrogen and oxygen atoms in total. The molecule has 2 N–H and O–H groups in total. The second kappa shape index (κ2) is 5.83. The van der Waals surface area contributed by atoms with Gasteiger partial charge in [0.1, 0.15) is 18.0 Å². The molecule has 2 rings (SSSR count). The van der Waals surface area contributed by atoms with E-state index in [1.54, 1.807) is 6.07 Å². The smallest absolute Gasteiger partial charge is 0.182 e. The molecule has 0 bridgehead atoms. The van der Waals surface area contributed by atoms with Crippen molar-refractivity contribution in [3.63, 3.8) is 0 Å². The Kier molecular flexibility index (Phi) is 3.94. The second-order valence-corrected chi connectivity index (χ2v) is 4.31. The van der Waals surface area contributed by atoms with Crippen molar-refractivity contribution in [1.29, 1.82) is 5.26 Å². The van der Waals surface area contributed by atoms with Gasteiger partial charge in [-0.25, -0.2) is 9.97 Å². The predicted molar refractivity (Wildman–Crippen MR) is 74.5 cm³/mol. The fourth-order valence-corrected chi connectivity index (χ4v) is 1.81. The Morgan fingerprint density at radius 2 is 1.95 bits per heavy atom. The number of aryl methyl sites for hydroxylation is 2. The van der Waals surface area contributed by atoms with E-state index < -0.39 is 0 Å². The zero-order valence-electron chi connectivity index (χ0n) is 10.9. The number of benzene rings is 1. The summed E-state index contributed by atoms with van der Waals surface area (Å²) < 4.78 is 0. The lowest BCUT2D eigenvalue weighted by molar-refractivity contribution is 1.07. The van der Waals surface area contributed by atoms with Crippen molar-refractivity contribution in [2.75, 3.05) is 10.6 Å². The highest BCUT2D eigenvalue weighted by molar-refractivity contribution is 5.48. The summed E-state index contributed by atoms with van der Waals surface area (Å²) >= 11 is 0. The monoisotopic (exact) mass is 253 g/mol. The average Bonchev–Trinajstić information content (AvgIpc) is 2.38. The van der Waals surface area contributed by atoms with Gasteiger partial charge >= 0.3 is 0 Å². The van der Waals surface area contributed by atoms with Crippen LogP contribution >= 0.6 is 0 Å². The molecule has 0 aliphatic rings. The van der Waals surface area contributed by atoms with Crippen molar-refractivity contribution in [3.8, 4) is 6.19 Å². The van der Waals surface area contributed by atoms with Gasteiger partial charge in [-0.15, -0.1) is 0 Å². The molecular weight excluding hydrogens is 238 g/mol. The quantitative estimate of drug-likeness (QED) is 0.647. The first-order valence-electron chi connectivity index (χ1n) is 5.96. The highest BCUT2D eigenvalue weighted by Crippen LogP contribution is 2.13. The van der Waals surface area contributed by atoms with Crippen molar-refractivity contribution >= 4 is 11.6 Å². The van der Waals surface area contributed by atoms with E-state index in [4.69, 9.17) is 5.26 Å². The largest absolute Gasteiger partial charge is 0.366 e. The van der Waals surface area contributed by atoms with Crippen molar-refractivity contribution in [2.24, 2.45) is 0 Å². The average molecular weight is 253 g/mol. The zero-order chi connectivity index (χ0) is 13.7. The molecule has 0 radical (unpaired) electrons. The van der Waals surface area contributed by atoms with E-state index in [2.05, 4.69) is 52.6 Å². The van der Waals surface area contributed by atoms with E-state index in [0.29, 0.717) is 18.2 Å². The maximum Gasteiger partial charge on any atom is 0.182 e. The van der Waals surface area contributed by atoms with Gasteiger partial charge in [0.15, 0.2) is 6.19 Å². The molecular formula is C14H15N5. The van der Waals surface area contributed by atoms with E-state index in [-0.39, 0.29) is 0 Å². The van der Waals surface area contributed by atoms with Crippen LogP contribution in [0.5, 0.6) is 0 Å². The number of hydrogen-bond donors (Lipinski definition) is 2. The lowest BCUT2D eigenvalue weighted by Crippen LogP contribution is -2.04. The molecule has 0 spiro atoms. The maximum atomic E-state index is 8.54. The van der Waals surface area contributed by atoms with Crippen LogP contribution in [0.15, 0.2) is 30.6 Å². The van der Waals surface area contributed by atoms with Gasteiger partial charge in [-0.05, 0) is 25.0 Å². The first-order valence-corrected chi connectivity index (χ1v) is 5.96. The summed E-state index contributed by atoms with van der Waals surface area (Å²) in [6, 6.07) is 8.05. The van der Waals surface area contributed by atoms with Crippen LogP contribution in [0.2, 0.25) is 0 Å². The molecule has 0 atom stereocenters. The summed E-state index contributed by atoms with van der Waals surface area (Å²) in [4.78, 5) is 8.04. The predicted octanol–water partition coefficient (Wildman–Crippen LogP) is 2.60. The van der Waals surface area contributed by atoms with E-state index >= 15 is 0 Å². The second-order valence-electron chi connectivity index (χ2n) is 4.31. The Morgan fingerprint density at radius 3 is 2.68 bits per heavy atom. The molecule has 0 aliphatic carbocycles. The topological polar surface area (TPSA) is 73.6 Å². The van der Waals surface area contributed by atoms with Crippen LogP contribution in [0.1, 0.15) is 16.7 Å². The molecule has 0 aliphatic heterocycles. The number of aromatic nitrogens is 2. The van der Waals surface area contributed by atoms with Gasteiger partial charge in [0.05, 0.1) is 0 Å². The third kappa shape index (κ3) is 3.42. The van der Waals surface area contributed by atoms with E-state index in [1.165, 1.54) is 23.0 Å². The summed E-state index contributed by atoms with van der Waals surface area (Å²) in [5.41, 5.74) is 3.72. The molecule has 5 heteroatoms. The van der Waals surface area contributed by atoms with Gasteiger partial charge in [0.2, 0.25) is 0 Å². The first-order chi connectivity index (χ1) is 9.19. The summed E-state index contributed by atoms with van der Waals surface area (Å²) in [6.07, 6.45) is 3.25. The van der Waals surface area contributed by atoms with Crippen LogP contribution in [0.4, 0.5) is 11.6 Å². The fraction of sp³-hybridized carbons (Fsp3) is 0.214. The van der Waals surface area contributed by atoms with E-state index in [9.17, 15) is 0 Å². The summed E-state index contributed by atoms with van der Waals surface area (Å²) in [7, 11) is 0. The summed E-state index contributed by atoms with van der Waals surface area (Å²) in [6.45, 7) is 4.86. The molecule has 2 aromatic rings. The Hall–Kier alpha value is -2.61. The lowest BCUT2D eigenvalue weighted by atomic mass is 10.1. The van der Waals surface area contributed by atoms with Gasteiger partial charge in [0, 0.05) is 12.6 Å². The standard InChI is InChI=1S/C14H15N5/c1-10-3-4-12(11(2)5-10)7-16-13-6-14(17-8-15)19-9-18-13/h3-6,9H,7H2,1-2H3,(H2,16,17,18,19). The molecule has 19 heavy (non-hydrogen) atoms. The van der Waals surface area contributed by atoms with Crippen LogP contribution in [0.25, 0.3) is 0 Å². The summed E-state index contributed by atoms with van der Waals surface area (Å²) in [5.74, 6) is 1.17. The van der Waals surface area contributed by atoms with Crippen molar-refractivity contribution in [1.82, 2.24) is 9.97 Å². The minimum Gasteiger partial charge on any atom is -0.366 e. The van der Waals surface area contributed by atoms with Crippen molar-refractivity contribution in [2.45, 2.75) is 20.4 Å². The fourth-order valence-electron chi connectivity index (χ4n) is 1.81. The highest BCUT2D eigenvalue weighted by atomic mass is 15.1. The Labute approximate surface area is 112 Å². The third-order valence-electron chi connectivity index (χ3n) is 2.81. The highest BCUT2D eigenvalue weighted by Gasteiger charge is 2.01. The number of nitriles is 1. The number of anilines is 2. The van der Waals surface area contributed by atoms with Gasteiger partial charge in [-0.2, -0.15) is 5.26 Å². The molecule has 0 saturated heterocycles. The molecule has 0 saturated carbocycles. The van der Waals surface area contributed by atoms with Crippen LogP contribution in [-0.2, 0) is 6.54 Å². The number of nitrogens with zero attached hydrogens (tertiary/aromatic N) is 3. The number of hydrogen-bond acceptors (Lipinski definition) is 5. The van der Waals surface area contributed by atoms with Gasteiger partial charge in [0.25, 0.3) is 0 Å². The van der Waals surface area contributed by atoms with Crippen molar-refractivity contribution < 1.29 is 0 Å². The normalized spacial score (nSPS) is 9.74. The van der Waals surface area contributed by atoms with Crippen molar-refractivity contribution in [3.05, 3.63) is 47.3 Å². The van der Waals surface area contributed by atoms with Gasteiger partial charge < -0.3 is 5.32 Å². The Bertz CT molecular complexity index is 615. The van der Waals surface area contributed by atoms with Crippen LogP contribution in [-0.4, -0.2) is 9.97 Å². The molecule has 1 aromatic carbocycles. The zero-order valence-corrected chi connectivity index (χ0v) is 10.9. The molecule has 1 heterocycles. The maximum absolute atomic E-state index is 8.54. The number of rotatable bonds is 4. The molecule has 1 aromatic heterocycles. The van der Waals surface area contributed by atoms with Gasteiger partial charge in [-0.3, -0.25) is 5.32 Å².